The molecule has 5 rings (SSSR count). The Balaban J connectivity index is 1.42. The number of rotatable bonds is 12. The van der Waals surface area contributed by atoms with Crippen LogP contribution in [0.4, 0.5) is 13.2 Å². The first-order valence-electron chi connectivity index (χ1n) is 14.0. The van der Waals surface area contributed by atoms with E-state index in [9.17, 15) is 26.4 Å². The van der Waals surface area contributed by atoms with Gasteiger partial charge < -0.3 is 15.0 Å². The largest absolute Gasteiger partial charge is 0.523 e. The summed E-state index contributed by atoms with van der Waals surface area (Å²) in [4.78, 5) is 16.5. The van der Waals surface area contributed by atoms with Crippen molar-refractivity contribution in [3.63, 3.8) is 0 Å². The number of nitrogens with zero attached hydrogens (tertiary/aromatic N) is 2. The molecule has 0 bridgehead atoms. The summed E-state index contributed by atoms with van der Waals surface area (Å²) in [5, 5.41) is 8.11. The van der Waals surface area contributed by atoms with Crippen molar-refractivity contribution in [2.45, 2.75) is 44.2 Å². The van der Waals surface area contributed by atoms with Crippen LogP contribution < -0.4 is 10.1 Å². The van der Waals surface area contributed by atoms with E-state index in [0.717, 1.165) is 12.0 Å². The highest BCUT2D eigenvalue weighted by molar-refractivity contribution is 7.87. The van der Waals surface area contributed by atoms with E-state index in [2.05, 4.69) is 15.4 Å². The zero-order valence-corrected chi connectivity index (χ0v) is 24.6. The van der Waals surface area contributed by atoms with Crippen LogP contribution in [0, 0.1) is 5.92 Å². The number of carbonyl (C=O) groups is 1. The molecular formula is C30H33F3N4O5S. The van der Waals surface area contributed by atoms with E-state index < -0.39 is 21.7 Å². The van der Waals surface area contributed by atoms with Gasteiger partial charge in [-0.25, -0.2) is 0 Å². The third-order valence-electron chi connectivity index (χ3n) is 7.44. The molecule has 1 aliphatic carbocycles. The number of aryl methyl sites for hydroxylation is 1. The second kappa shape index (κ2) is 12.5. The number of aromatic amines is 1. The van der Waals surface area contributed by atoms with Gasteiger partial charge in [-0.2, -0.15) is 26.7 Å². The third-order valence-corrected chi connectivity index (χ3v) is 8.49. The Hall–Kier alpha value is -3.68. The fraction of sp³-hybridized carbons (Fsp3) is 0.400. The van der Waals surface area contributed by atoms with Gasteiger partial charge in [0.25, 0.3) is 0 Å². The average molecular weight is 619 g/mol. The molecule has 2 atom stereocenters. The number of alkyl halides is 3. The Morgan fingerprint density at radius 3 is 2.70 bits per heavy atom. The van der Waals surface area contributed by atoms with Crippen molar-refractivity contribution in [1.82, 2.24) is 20.1 Å². The highest BCUT2D eigenvalue weighted by Gasteiger charge is 2.50. The van der Waals surface area contributed by atoms with E-state index >= 15 is 0 Å². The van der Waals surface area contributed by atoms with Crippen molar-refractivity contribution in [2.24, 2.45) is 13.0 Å². The van der Waals surface area contributed by atoms with E-state index in [1.54, 1.807) is 53.3 Å². The van der Waals surface area contributed by atoms with Gasteiger partial charge in [0.2, 0.25) is 0 Å². The number of hydrogen-bond acceptors (Lipinski definition) is 7. The lowest BCUT2D eigenvalue weighted by atomic mass is 9.84. The van der Waals surface area contributed by atoms with Gasteiger partial charge in [0.1, 0.15) is 11.9 Å². The molecule has 0 fully saturated rings. The first-order valence-corrected chi connectivity index (χ1v) is 15.5. The van der Waals surface area contributed by atoms with Crippen LogP contribution in [0.3, 0.4) is 0 Å². The Kier molecular flexibility index (Phi) is 8.95. The molecule has 2 heterocycles. The predicted octanol–water partition coefficient (Wildman–Crippen LogP) is 5.22. The Morgan fingerprint density at radius 2 is 1.98 bits per heavy atom. The predicted molar refractivity (Wildman–Crippen MR) is 154 cm³/mol. The van der Waals surface area contributed by atoms with Crippen LogP contribution in [-0.2, 0) is 34.2 Å². The fourth-order valence-corrected chi connectivity index (χ4v) is 5.99. The Bertz CT molecular complexity index is 1710. The van der Waals surface area contributed by atoms with Crippen LogP contribution in [0.1, 0.15) is 58.6 Å². The summed E-state index contributed by atoms with van der Waals surface area (Å²) in [6.45, 7) is 3.54. The molecule has 0 radical (unpaired) electrons. The van der Waals surface area contributed by atoms with Gasteiger partial charge >= 0.3 is 15.6 Å². The van der Waals surface area contributed by atoms with Gasteiger partial charge in [0.05, 0.1) is 12.8 Å². The van der Waals surface area contributed by atoms with Crippen LogP contribution in [0.2, 0.25) is 0 Å². The number of ether oxygens (including phenoxy) is 1. The third kappa shape index (κ3) is 6.94. The zero-order valence-electron chi connectivity index (χ0n) is 23.8. The molecular weight excluding hydrogens is 585 g/mol. The number of nitrogens with one attached hydrogen (secondary N) is 2. The molecule has 43 heavy (non-hydrogen) atoms. The summed E-state index contributed by atoms with van der Waals surface area (Å²) in [7, 11) is -4.02. The Labute approximate surface area is 247 Å². The molecule has 0 aliphatic heterocycles. The van der Waals surface area contributed by atoms with Crippen molar-refractivity contribution in [1.29, 1.82) is 0 Å². The monoisotopic (exact) mass is 618 g/mol. The average Bonchev–Trinajstić information content (AvgIpc) is 3.56. The van der Waals surface area contributed by atoms with E-state index in [4.69, 9.17) is 8.92 Å². The number of ketones is 1. The lowest BCUT2D eigenvalue weighted by Gasteiger charge is -2.29. The smallest absolute Gasteiger partial charge is 0.494 e. The number of fused-ring (bicyclic) bond motifs is 3. The van der Waals surface area contributed by atoms with E-state index in [-0.39, 0.29) is 23.8 Å². The molecule has 2 aromatic carbocycles. The number of hydrogen-bond donors (Lipinski definition) is 2. The molecule has 0 saturated heterocycles. The lowest BCUT2D eigenvalue weighted by molar-refractivity contribution is -0.0587. The van der Waals surface area contributed by atoms with E-state index in [1.807, 2.05) is 20.2 Å². The Morgan fingerprint density at radius 1 is 1.19 bits per heavy atom. The molecule has 2 unspecified atom stereocenters. The van der Waals surface area contributed by atoms with Gasteiger partial charge in [-0.3, -0.25) is 13.7 Å². The molecule has 230 valence electrons. The second-order valence-electron chi connectivity index (χ2n) is 10.7. The van der Waals surface area contributed by atoms with Crippen LogP contribution in [0.5, 0.6) is 5.75 Å². The summed E-state index contributed by atoms with van der Waals surface area (Å²) in [5.74, 6) is 0.119. The summed E-state index contributed by atoms with van der Waals surface area (Å²) in [6, 6.07) is 11.9. The molecule has 1 aliphatic rings. The van der Waals surface area contributed by atoms with Crippen LogP contribution >= 0.6 is 0 Å². The molecule has 13 heteroatoms. The van der Waals surface area contributed by atoms with Gasteiger partial charge in [0, 0.05) is 41.0 Å². The topological polar surface area (TPSA) is 115 Å². The minimum atomic E-state index is -5.84. The van der Waals surface area contributed by atoms with E-state index in [0.29, 0.717) is 65.9 Å². The summed E-state index contributed by atoms with van der Waals surface area (Å²) < 4.78 is 76.1. The molecule has 2 N–H and O–H groups in total. The van der Waals surface area contributed by atoms with Crippen LogP contribution in [0.25, 0.3) is 10.9 Å². The minimum absolute atomic E-state index is 0.0609. The molecule has 9 nitrogen and oxygen atoms in total. The van der Waals surface area contributed by atoms with Gasteiger partial charge in [-0.15, -0.1) is 0 Å². The van der Waals surface area contributed by atoms with E-state index in [1.165, 1.54) is 0 Å². The van der Waals surface area contributed by atoms with Crippen molar-refractivity contribution >= 4 is 26.8 Å². The first kappa shape index (κ1) is 30.8. The maximum Gasteiger partial charge on any atom is 0.523 e. The van der Waals surface area contributed by atoms with Crippen LogP contribution in [-0.4, -0.2) is 54.2 Å². The number of benzene rings is 2. The number of carbonyl (C=O) groups excluding carboxylic acids is 1. The first-order chi connectivity index (χ1) is 20.4. The molecule has 0 spiro atoms. The molecule has 0 saturated carbocycles. The minimum Gasteiger partial charge on any atom is -0.494 e. The maximum atomic E-state index is 13.4. The zero-order chi connectivity index (χ0) is 30.8. The molecule has 2 aromatic heterocycles. The second-order valence-corrected chi connectivity index (χ2v) is 12.3. The highest BCUT2D eigenvalue weighted by atomic mass is 32.2. The summed E-state index contributed by atoms with van der Waals surface area (Å²) in [6.07, 6.45) is 4.35. The summed E-state index contributed by atoms with van der Waals surface area (Å²) >= 11 is 0. The standard InChI is InChI=1S/C30H33F3N4O5S/c1-3-11-41-23-6-4-5-21(14-23)29(38)22-7-8-26-24(15-22)25-12-20(16-34-10-9-19-17-35-37(2)18-19)13-27(28(25)36-26)42-43(39,40)30(31,32)33/h4-8,14-15,17-18,20,27,34,36H,3,9-13,16H2,1-2H3. The van der Waals surface area contributed by atoms with Crippen molar-refractivity contribution < 1.29 is 35.3 Å². The lowest BCUT2D eigenvalue weighted by Crippen LogP contribution is -2.33. The number of H-pyrrole nitrogens is 1. The fourth-order valence-electron chi connectivity index (χ4n) is 5.40. The van der Waals surface area contributed by atoms with Gasteiger partial charge in [0.15, 0.2) is 5.78 Å². The maximum absolute atomic E-state index is 13.4. The quantitative estimate of drug-likeness (QED) is 0.0968. The van der Waals surface area contributed by atoms with Crippen molar-refractivity contribution in [3.8, 4) is 5.75 Å². The van der Waals surface area contributed by atoms with Crippen molar-refractivity contribution in [2.75, 3.05) is 19.7 Å². The summed E-state index contributed by atoms with van der Waals surface area (Å²) in [5.41, 5.74) is -2.21. The van der Waals surface area contributed by atoms with Crippen LogP contribution in [0.15, 0.2) is 54.9 Å². The van der Waals surface area contributed by atoms with Gasteiger partial charge in [-0.05, 0) is 86.1 Å². The van der Waals surface area contributed by atoms with Crippen molar-refractivity contribution in [3.05, 3.63) is 82.8 Å². The number of halogens is 3. The normalized spacial score (nSPS) is 17.2. The SMILES string of the molecule is CCCOc1cccc(C(=O)c2ccc3[nH]c4c(c3c2)CC(CNCCc2cnn(C)c2)CC4OS(=O)(=O)C(F)(F)F)c1. The highest BCUT2D eigenvalue weighted by Crippen LogP contribution is 2.42. The van der Waals surface area contributed by atoms with Gasteiger partial charge in [-0.1, -0.05) is 19.1 Å². The molecule has 0 amide bonds. The molecule has 4 aromatic rings. The number of aromatic nitrogens is 3.